The van der Waals surface area contributed by atoms with Crippen molar-refractivity contribution in [2.24, 2.45) is 0 Å². The molecule has 0 radical (unpaired) electrons. The Labute approximate surface area is 213 Å². The Kier molecular flexibility index (Phi) is 5.51. The van der Waals surface area contributed by atoms with Gasteiger partial charge in [0.25, 0.3) is 5.91 Å². The highest BCUT2D eigenvalue weighted by Gasteiger charge is 2.33. The Hall–Kier alpha value is -3.67. The summed E-state index contributed by atoms with van der Waals surface area (Å²) in [6.07, 6.45) is 4.13. The third-order valence-corrected chi connectivity index (χ3v) is 7.71. The summed E-state index contributed by atoms with van der Waals surface area (Å²) in [5.74, 6) is -0.0743. The molecule has 170 valence electrons. The predicted molar refractivity (Wildman–Crippen MR) is 152 cm³/mol. The second-order valence-corrected chi connectivity index (χ2v) is 10.4. The van der Waals surface area contributed by atoms with Crippen LogP contribution >= 0.6 is 24.0 Å². The largest absolute Gasteiger partial charge is 0.342 e. The lowest BCUT2D eigenvalue weighted by Gasteiger charge is -2.14. The van der Waals surface area contributed by atoms with E-state index in [-0.39, 0.29) is 5.91 Å². The average molecular weight is 491 g/mol. The van der Waals surface area contributed by atoms with E-state index in [2.05, 4.69) is 71.4 Å². The maximum Gasteiger partial charge on any atom is 0.270 e. The Balaban J connectivity index is 1.39. The van der Waals surface area contributed by atoms with Crippen LogP contribution in [0.25, 0.3) is 27.8 Å². The normalized spacial score (nSPS) is 15.1. The van der Waals surface area contributed by atoms with Gasteiger partial charge in [0, 0.05) is 29.2 Å². The van der Waals surface area contributed by atoms with E-state index in [1.807, 2.05) is 43.3 Å². The van der Waals surface area contributed by atoms with E-state index >= 15 is 0 Å². The Morgan fingerprint density at radius 3 is 2.40 bits per heavy atom. The van der Waals surface area contributed by atoms with E-state index < -0.39 is 0 Å². The Morgan fingerprint density at radius 1 is 0.857 bits per heavy atom. The first-order valence-corrected chi connectivity index (χ1v) is 12.7. The topological polar surface area (TPSA) is 25.2 Å². The molecular formula is C30H22N2OS2. The number of thiocarbonyl (C=S) groups is 1. The van der Waals surface area contributed by atoms with Crippen molar-refractivity contribution in [1.82, 2.24) is 4.57 Å². The molecule has 0 N–H and O–H groups in total. The molecule has 1 aromatic heterocycles. The summed E-state index contributed by atoms with van der Waals surface area (Å²) < 4.78 is 2.83. The van der Waals surface area contributed by atoms with Crippen molar-refractivity contribution in [3.8, 4) is 0 Å². The zero-order valence-corrected chi connectivity index (χ0v) is 20.8. The molecule has 0 atom stereocenters. The number of hydrogen-bond donors (Lipinski definition) is 0. The summed E-state index contributed by atoms with van der Waals surface area (Å²) in [6.45, 7) is 2.78. The van der Waals surface area contributed by atoms with Crippen molar-refractivity contribution in [3.63, 3.8) is 0 Å². The molecule has 0 bridgehead atoms. The van der Waals surface area contributed by atoms with Crippen molar-refractivity contribution in [1.29, 1.82) is 0 Å². The molecule has 5 heteroatoms. The fourth-order valence-corrected chi connectivity index (χ4v) is 5.95. The predicted octanol–water partition coefficient (Wildman–Crippen LogP) is 7.56. The highest BCUT2D eigenvalue weighted by molar-refractivity contribution is 8.27. The number of aromatic nitrogens is 1. The van der Waals surface area contributed by atoms with Crippen LogP contribution in [0.3, 0.4) is 0 Å². The fourth-order valence-electron chi connectivity index (χ4n) is 4.66. The molecule has 1 aliphatic rings. The minimum Gasteiger partial charge on any atom is -0.342 e. The summed E-state index contributed by atoms with van der Waals surface area (Å²) >= 11 is 6.94. The molecule has 2 heterocycles. The van der Waals surface area contributed by atoms with E-state index in [9.17, 15) is 4.79 Å². The molecule has 1 amide bonds. The van der Waals surface area contributed by atoms with Gasteiger partial charge in [0.2, 0.25) is 0 Å². The molecule has 3 nitrogen and oxygen atoms in total. The van der Waals surface area contributed by atoms with Gasteiger partial charge in [-0.1, -0.05) is 102 Å². The molecular weight excluding hydrogens is 468 g/mol. The van der Waals surface area contributed by atoms with Gasteiger partial charge in [0.1, 0.15) is 0 Å². The van der Waals surface area contributed by atoms with Crippen LogP contribution in [0.4, 0.5) is 5.69 Å². The van der Waals surface area contributed by atoms with Gasteiger partial charge < -0.3 is 4.57 Å². The number of aryl methyl sites for hydroxylation is 1. The van der Waals surface area contributed by atoms with Crippen LogP contribution in [0.2, 0.25) is 0 Å². The number of carbonyl (C=O) groups excluding carboxylic acids is 1. The monoisotopic (exact) mass is 490 g/mol. The first-order chi connectivity index (χ1) is 17.1. The van der Waals surface area contributed by atoms with Gasteiger partial charge in [-0.05, 0) is 47.5 Å². The molecule has 1 fully saturated rings. The first kappa shape index (κ1) is 21.8. The molecule has 6 rings (SSSR count). The van der Waals surface area contributed by atoms with Crippen LogP contribution in [-0.2, 0) is 11.3 Å². The van der Waals surface area contributed by atoms with Crippen LogP contribution in [0.1, 0.15) is 16.7 Å². The van der Waals surface area contributed by atoms with Crippen LogP contribution in [-0.4, -0.2) is 14.8 Å². The molecule has 0 saturated carbocycles. The summed E-state index contributed by atoms with van der Waals surface area (Å²) in [7, 11) is 0. The highest BCUT2D eigenvalue weighted by Crippen LogP contribution is 2.37. The Bertz CT molecular complexity index is 1640. The van der Waals surface area contributed by atoms with Crippen LogP contribution in [0, 0.1) is 6.92 Å². The zero-order chi connectivity index (χ0) is 23.9. The number of thioether (sulfide) groups is 1. The lowest BCUT2D eigenvalue weighted by Crippen LogP contribution is -2.27. The Morgan fingerprint density at radius 2 is 1.57 bits per heavy atom. The minimum atomic E-state index is -0.0743. The smallest absolute Gasteiger partial charge is 0.270 e. The number of hydrogen-bond acceptors (Lipinski definition) is 3. The summed E-state index contributed by atoms with van der Waals surface area (Å²) in [6, 6.07) is 31.1. The maximum atomic E-state index is 13.3. The molecule has 5 aromatic rings. The van der Waals surface area contributed by atoms with E-state index in [1.165, 1.54) is 28.1 Å². The summed E-state index contributed by atoms with van der Waals surface area (Å²) in [5.41, 5.74) is 5.38. The van der Waals surface area contributed by atoms with Crippen molar-refractivity contribution in [2.45, 2.75) is 13.5 Å². The van der Waals surface area contributed by atoms with Gasteiger partial charge >= 0.3 is 0 Å². The van der Waals surface area contributed by atoms with Gasteiger partial charge in [-0.2, -0.15) is 0 Å². The number of carbonyl (C=O) groups is 1. The number of amides is 1. The number of fused-ring (bicyclic) bond motifs is 2. The van der Waals surface area contributed by atoms with E-state index in [4.69, 9.17) is 12.2 Å². The van der Waals surface area contributed by atoms with Crippen molar-refractivity contribution in [3.05, 3.63) is 119 Å². The van der Waals surface area contributed by atoms with Crippen molar-refractivity contribution in [2.75, 3.05) is 4.90 Å². The van der Waals surface area contributed by atoms with Crippen LogP contribution < -0.4 is 4.90 Å². The minimum absolute atomic E-state index is 0.0743. The SMILES string of the molecule is Cc1ccc(N2C(=O)/C(=C/c3cn(Cc4cccc5ccccc45)c4ccccc34)SC2=S)cc1. The van der Waals surface area contributed by atoms with Crippen molar-refractivity contribution < 1.29 is 4.79 Å². The summed E-state index contributed by atoms with van der Waals surface area (Å²) in [5, 5.41) is 3.61. The molecule has 35 heavy (non-hydrogen) atoms. The standard InChI is InChI=1S/C30H22N2OS2/c1-20-13-15-24(16-14-20)32-29(33)28(35-30(32)34)17-23-19-31(27-12-5-4-11-26(23)27)18-22-9-6-8-21-7-2-3-10-25(21)22/h2-17,19H,18H2,1H3/b28-17-. The molecule has 1 aliphatic heterocycles. The number of nitrogens with zero attached hydrogens (tertiary/aromatic N) is 2. The lowest BCUT2D eigenvalue weighted by atomic mass is 10.0. The fraction of sp³-hybridized carbons (Fsp3) is 0.0667. The third-order valence-electron chi connectivity index (χ3n) is 6.41. The van der Waals surface area contributed by atoms with Crippen LogP contribution in [0.5, 0.6) is 0 Å². The second kappa shape index (κ2) is 8.84. The number of rotatable bonds is 4. The van der Waals surface area contributed by atoms with Gasteiger partial charge in [-0.15, -0.1) is 0 Å². The van der Waals surface area contributed by atoms with Crippen LogP contribution in [0.15, 0.2) is 102 Å². The molecule has 4 aromatic carbocycles. The summed E-state index contributed by atoms with van der Waals surface area (Å²) in [4.78, 5) is 15.6. The molecule has 1 saturated heterocycles. The van der Waals surface area contributed by atoms with Gasteiger partial charge in [0.05, 0.1) is 10.6 Å². The van der Waals surface area contributed by atoms with E-state index in [0.717, 1.165) is 34.3 Å². The van der Waals surface area contributed by atoms with Crippen molar-refractivity contribution >= 4 is 67.6 Å². The zero-order valence-electron chi connectivity index (χ0n) is 19.1. The quantitative estimate of drug-likeness (QED) is 0.192. The lowest BCUT2D eigenvalue weighted by molar-refractivity contribution is -0.113. The number of para-hydroxylation sites is 1. The highest BCUT2D eigenvalue weighted by atomic mass is 32.2. The number of anilines is 1. The molecule has 0 unspecified atom stereocenters. The van der Waals surface area contributed by atoms with Gasteiger partial charge in [-0.3, -0.25) is 9.69 Å². The maximum absolute atomic E-state index is 13.3. The molecule has 0 spiro atoms. The third kappa shape index (κ3) is 3.97. The van der Waals surface area contributed by atoms with E-state index in [1.54, 1.807) is 4.90 Å². The average Bonchev–Trinajstić information content (AvgIpc) is 3.36. The first-order valence-electron chi connectivity index (χ1n) is 11.5. The molecule has 0 aliphatic carbocycles. The van der Waals surface area contributed by atoms with Gasteiger partial charge in [0.15, 0.2) is 4.32 Å². The van der Waals surface area contributed by atoms with Gasteiger partial charge in [-0.25, -0.2) is 0 Å². The second-order valence-electron chi connectivity index (χ2n) is 8.72. The van der Waals surface area contributed by atoms with E-state index in [0.29, 0.717) is 9.23 Å². The number of benzene rings is 4.